The minimum Gasteiger partial charge on any atom is -0.247 e. The number of allylic oxidation sites excluding steroid dienone is 4. The molecule has 0 fully saturated rings. The standard InChI is InChI=1S/C16H13ClF3N/c1-4-5-11(9(3)18)16-8(2)15(17)14-12(20)6-10(19)7-13(14)21-16/h4-7H,1-3H3. The average Bonchev–Trinajstić information content (AvgIpc) is 2.39. The van der Waals surface area contributed by atoms with Crippen molar-refractivity contribution in [2.45, 2.75) is 20.8 Å². The lowest BCUT2D eigenvalue weighted by Crippen LogP contribution is -1.98. The Morgan fingerprint density at radius 1 is 1.29 bits per heavy atom. The Labute approximate surface area is 125 Å². The molecule has 0 radical (unpaired) electrons. The molecule has 110 valence electrons. The first-order valence-corrected chi connectivity index (χ1v) is 6.69. The lowest BCUT2D eigenvalue weighted by atomic mass is 10.0. The van der Waals surface area contributed by atoms with Crippen LogP contribution >= 0.6 is 11.6 Å². The molecule has 0 bridgehead atoms. The maximum absolute atomic E-state index is 13.9. The van der Waals surface area contributed by atoms with E-state index in [0.29, 0.717) is 5.56 Å². The topological polar surface area (TPSA) is 12.9 Å². The summed E-state index contributed by atoms with van der Waals surface area (Å²) in [6.45, 7) is 4.65. The first-order valence-electron chi connectivity index (χ1n) is 6.31. The fraction of sp³-hybridized carbons (Fsp3) is 0.188. The third kappa shape index (κ3) is 2.81. The third-order valence-corrected chi connectivity index (χ3v) is 3.60. The van der Waals surface area contributed by atoms with Gasteiger partial charge >= 0.3 is 0 Å². The van der Waals surface area contributed by atoms with Crippen molar-refractivity contribution < 1.29 is 13.2 Å². The van der Waals surface area contributed by atoms with E-state index < -0.39 is 17.5 Å². The molecular weight excluding hydrogens is 299 g/mol. The number of nitrogens with zero attached hydrogens (tertiary/aromatic N) is 1. The Morgan fingerprint density at radius 2 is 1.95 bits per heavy atom. The summed E-state index contributed by atoms with van der Waals surface area (Å²) in [4.78, 5) is 4.18. The Bertz CT molecular complexity index is 775. The molecule has 1 heterocycles. The summed E-state index contributed by atoms with van der Waals surface area (Å²) in [7, 11) is 0. The maximum Gasteiger partial charge on any atom is 0.137 e. The van der Waals surface area contributed by atoms with E-state index in [9.17, 15) is 13.2 Å². The quantitative estimate of drug-likeness (QED) is 0.643. The molecule has 1 nitrogen and oxygen atoms in total. The Hall–Kier alpha value is -1.81. The van der Waals surface area contributed by atoms with Gasteiger partial charge in [-0.1, -0.05) is 23.8 Å². The van der Waals surface area contributed by atoms with Gasteiger partial charge in [-0.2, -0.15) is 0 Å². The van der Waals surface area contributed by atoms with Gasteiger partial charge in [0, 0.05) is 17.7 Å². The summed E-state index contributed by atoms with van der Waals surface area (Å²) in [6.07, 6.45) is 3.20. The van der Waals surface area contributed by atoms with E-state index in [2.05, 4.69) is 4.98 Å². The second kappa shape index (κ2) is 5.90. The van der Waals surface area contributed by atoms with Crippen LogP contribution in [-0.2, 0) is 0 Å². The molecule has 0 unspecified atom stereocenters. The second-order valence-corrected chi connectivity index (χ2v) is 5.01. The van der Waals surface area contributed by atoms with Crippen LogP contribution in [0, 0.1) is 18.6 Å². The van der Waals surface area contributed by atoms with Crippen LogP contribution < -0.4 is 0 Å². The van der Waals surface area contributed by atoms with Crippen molar-refractivity contribution >= 4 is 28.1 Å². The third-order valence-electron chi connectivity index (χ3n) is 3.13. The van der Waals surface area contributed by atoms with E-state index in [-0.39, 0.29) is 27.2 Å². The smallest absolute Gasteiger partial charge is 0.137 e. The number of pyridine rings is 1. The molecule has 0 aliphatic rings. The molecule has 0 N–H and O–H groups in total. The number of fused-ring (bicyclic) bond motifs is 1. The fourth-order valence-corrected chi connectivity index (χ4v) is 2.42. The summed E-state index contributed by atoms with van der Waals surface area (Å²) < 4.78 is 40.9. The van der Waals surface area contributed by atoms with Gasteiger partial charge in [0.15, 0.2) is 0 Å². The van der Waals surface area contributed by atoms with Crippen molar-refractivity contribution in [1.82, 2.24) is 4.98 Å². The highest BCUT2D eigenvalue weighted by atomic mass is 35.5. The van der Waals surface area contributed by atoms with Crippen LogP contribution in [0.3, 0.4) is 0 Å². The molecule has 2 aromatic rings. The highest BCUT2D eigenvalue weighted by Gasteiger charge is 2.17. The molecule has 1 aromatic heterocycles. The molecule has 5 heteroatoms. The minimum absolute atomic E-state index is 0.0376. The van der Waals surface area contributed by atoms with Crippen molar-refractivity contribution in [2.24, 2.45) is 0 Å². The first kappa shape index (κ1) is 15.6. The van der Waals surface area contributed by atoms with E-state index in [1.165, 1.54) is 6.92 Å². The molecule has 0 saturated heterocycles. The highest BCUT2D eigenvalue weighted by molar-refractivity contribution is 6.36. The van der Waals surface area contributed by atoms with E-state index in [4.69, 9.17) is 11.6 Å². The highest BCUT2D eigenvalue weighted by Crippen LogP contribution is 2.34. The van der Waals surface area contributed by atoms with Gasteiger partial charge in [0.2, 0.25) is 0 Å². The lowest BCUT2D eigenvalue weighted by molar-refractivity contribution is 0.591. The zero-order chi connectivity index (χ0) is 15.7. The van der Waals surface area contributed by atoms with Crippen molar-refractivity contribution in [1.29, 1.82) is 0 Å². The van der Waals surface area contributed by atoms with Crippen LogP contribution in [0.4, 0.5) is 13.2 Å². The number of halogens is 4. The second-order valence-electron chi connectivity index (χ2n) is 4.63. The van der Waals surface area contributed by atoms with Crippen LogP contribution in [0.15, 0.2) is 30.1 Å². The van der Waals surface area contributed by atoms with E-state index >= 15 is 0 Å². The minimum atomic E-state index is -0.786. The normalized spacial score (nSPS) is 13.1. The van der Waals surface area contributed by atoms with Gasteiger partial charge in [0.25, 0.3) is 0 Å². The van der Waals surface area contributed by atoms with Gasteiger partial charge in [-0.05, 0) is 26.3 Å². The van der Waals surface area contributed by atoms with Gasteiger partial charge in [-0.3, -0.25) is 0 Å². The van der Waals surface area contributed by atoms with Crippen molar-refractivity contribution in [3.63, 3.8) is 0 Å². The lowest BCUT2D eigenvalue weighted by Gasteiger charge is -2.12. The van der Waals surface area contributed by atoms with Crippen LogP contribution in [0.5, 0.6) is 0 Å². The van der Waals surface area contributed by atoms with Crippen molar-refractivity contribution in [3.05, 3.63) is 58.0 Å². The van der Waals surface area contributed by atoms with Gasteiger partial charge in [-0.15, -0.1) is 0 Å². The largest absolute Gasteiger partial charge is 0.247 e. The van der Waals surface area contributed by atoms with Crippen LogP contribution in [0.2, 0.25) is 5.02 Å². The number of rotatable bonds is 2. The van der Waals surface area contributed by atoms with Crippen molar-refractivity contribution in [2.75, 3.05) is 0 Å². The molecule has 0 aliphatic heterocycles. The average molecular weight is 312 g/mol. The maximum atomic E-state index is 13.9. The summed E-state index contributed by atoms with van der Waals surface area (Å²) >= 11 is 6.17. The van der Waals surface area contributed by atoms with Gasteiger partial charge in [0.1, 0.15) is 17.5 Å². The van der Waals surface area contributed by atoms with E-state index in [0.717, 1.165) is 12.1 Å². The van der Waals surface area contributed by atoms with Crippen molar-refractivity contribution in [3.8, 4) is 0 Å². The van der Waals surface area contributed by atoms with Gasteiger partial charge in [-0.25, -0.2) is 18.2 Å². The molecule has 0 aliphatic carbocycles. The summed E-state index contributed by atoms with van der Waals surface area (Å²) in [5, 5.41) is 0.145. The first-order chi connectivity index (χ1) is 9.86. The molecule has 2 rings (SSSR count). The zero-order valence-corrected chi connectivity index (χ0v) is 12.5. The van der Waals surface area contributed by atoms with Crippen LogP contribution in [0.1, 0.15) is 25.1 Å². The molecule has 0 amide bonds. The predicted octanol–water partition coefficient (Wildman–Crippen LogP) is 5.75. The Kier molecular flexibility index (Phi) is 4.37. The van der Waals surface area contributed by atoms with Gasteiger partial charge < -0.3 is 0 Å². The number of aromatic nitrogens is 1. The molecular formula is C16H13ClF3N. The molecule has 21 heavy (non-hydrogen) atoms. The molecule has 0 atom stereocenters. The predicted molar refractivity (Wildman–Crippen MR) is 79.9 cm³/mol. The Morgan fingerprint density at radius 3 is 2.52 bits per heavy atom. The van der Waals surface area contributed by atoms with E-state index in [1.54, 1.807) is 26.0 Å². The number of hydrogen-bond donors (Lipinski definition) is 0. The SMILES string of the molecule is CC=CC(=C(C)F)c1nc2cc(F)cc(F)c2c(Cl)c1C. The van der Waals surface area contributed by atoms with E-state index in [1.807, 2.05) is 0 Å². The van der Waals surface area contributed by atoms with Gasteiger partial charge in [0.05, 0.1) is 21.6 Å². The Balaban J connectivity index is 2.90. The van der Waals surface area contributed by atoms with Crippen LogP contribution in [-0.4, -0.2) is 4.98 Å². The molecule has 0 spiro atoms. The summed E-state index contributed by atoms with van der Waals surface area (Å²) in [5.41, 5.74) is 1.01. The summed E-state index contributed by atoms with van der Waals surface area (Å²) in [6, 6.07) is 1.83. The monoisotopic (exact) mass is 311 g/mol. The summed E-state index contributed by atoms with van der Waals surface area (Å²) in [5.74, 6) is -1.99. The molecule has 0 saturated carbocycles. The zero-order valence-electron chi connectivity index (χ0n) is 11.8. The number of hydrogen-bond acceptors (Lipinski definition) is 1. The number of benzene rings is 1. The van der Waals surface area contributed by atoms with Crippen LogP contribution in [0.25, 0.3) is 16.5 Å². The molecule has 1 aromatic carbocycles. The fourth-order valence-electron chi connectivity index (χ4n) is 2.15.